The van der Waals surface area contributed by atoms with E-state index < -0.39 is 0 Å². The van der Waals surface area contributed by atoms with Crippen LogP contribution in [0.25, 0.3) is 0 Å². The van der Waals surface area contributed by atoms with Gasteiger partial charge in [-0.25, -0.2) is 0 Å². The second kappa shape index (κ2) is 5.49. The van der Waals surface area contributed by atoms with Crippen molar-refractivity contribution in [2.45, 2.75) is 52.1 Å². The summed E-state index contributed by atoms with van der Waals surface area (Å²) in [5.74, 6) is 0.347. The third kappa shape index (κ3) is 2.85. The van der Waals surface area contributed by atoms with E-state index in [1.807, 2.05) is 18.2 Å². The molecule has 0 saturated carbocycles. The van der Waals surface area contributed by atoms with Gasteiger partial charge in [0.2, 0.25) is 0 Å². The minimum Gasteiger partial charge on any atom is -0.392 e. The molecule has 90 valence electrons. The predicted octanol–water partition coefficient (Wildman–Crippen LogP) is 3.76. The second-order valence-corrected chi connectivity index (χ2v) is 5.30. The van der Waals surface area contributed by atoms with Gasteiger partial charge >= 0.3 is 0 Å². The van der Waals surface area contributed by atoms with Gasteiger partial charge in [-0.2, -0.15) is 0 Å². The maximum absolute atomic E-state index is 10.4. The van der Waals surface area contributed by atoms with Crippen molar-refractivity contribution in [2.75, 3.05) is 0 Å². The highest BCUT2D eigenvalue weighted by Gasteiger charge is 2.32. The molecule has 1 aromatic rings. The molecule has 2 unspecified atom stereocenters. The summed E-state index contributed by atoms with van der Waals surface area (Å²) in [5.41, 5.74) is 1.04. The quantitative estimate of drug-likeness (QED) is 0.801. The van der Waals surface area contributed by atoms with Gasteiger partial charge in [0, 0.05) is 5.41 Å². The highest BCUT2D eigenvalue weighted by molar-refractivity contribution is 5.25. The van der Waals surface area contributed by atoms with Crippen LogP contribution in [0.1, 0.15) is 46.1 Å². The molecule has 0 saturated heterocycles. The summed E-state index contributed by atoms with van der Waals surface area (Å²) in [5, 5.41) is 10.4. The standard InChI is InChI=1S/C15H24O/c1-5-9-12(2)14(16)15(3,4)13-10-7-6-8-11-13/h6-8,10-12,14,16H,5,9H2,1-4H3. The van der Waals surface area contributed by atoms with Gasteiger partial charge in [0.25, 0.3) is 0 Å². The summed E-state index contributed by atoms with van der Waals surface area (Å²) in [6.45, 7) is 8.55. The smallest absolute Gasteiger partial charge is 0.0656 e. The highest BCUT2D eigenvalue weighted by atomic mass is 16.3. The first-order chi connectivity index (χ1) is 7.50. The number of aliphatic hydroxyl groups is 1. The van der Waals surface area contributed by atoms with Gasteiger partial charge in [0.1, 0.15) is 0 Å². The molecule has 0 heterocycles. The van der Waals surface area contributed by atoms with Gasteiger partial charge in [0.15, 0.2) is 0 Å². The van der Waals surface area contributed by atoms with Crippen molar-refractivity contribution in [3.63, 3.8) is 0 Å². The maximum atomic E-state index is 10.4. The Morgan fingerprint density at radius 3 is 2.25 bits per heavy atom. The summed E-state index contributed by atoms with van der Waals surface area (Å²) >= 11 is 0. The molecule has 16 heavy (non-hydrogen) atoms. The first-order valence-corrected chi connectivity index (χ1v) is 6.23. The molecule has 0 aromatic heterocycles. The fraction of sp³-hybridized carbons (Fsp3) is 0.600. The number of benzene rings is 1. The third-order valence-electron chi connectivity index (χ3n) is 3.54. The zero-order chi connectivity index (χ0) is 12.2. The van der Waals surface area contributed by atoms with Crippen molar-refractivity contribution < 1.29 is 5.11 Å². The predicted molar refractivity (Wildman–Crippen MR) is 69.5 cm³/mol. The average molecular weight is 220 g/mol. The Bertz CT molecular complexity index is 302. The van der Waals surface area contributed by atoms with E-state index in [-0.39, 0.29) is 11.5 Å². The van der Waals surface area contributed by atoms with E-state index in [9.17, 15) is 5.11 Å². The Hall–Kier alpha value is -0.820. The molecular formula is C15H24O. The lowest BCUT2D eigenvalue weighted by Crippen LogP contribution is -2.38. The molecule has 1 nitrogen and oxygen atoms in total. The van der Waals surface area contributed by atoms with Crippen LogP contribution in [0, 0.1) is 5.92 Å². The number of rotatable bonds is 5. The van der Waals surface area contributed by atoms with E-state index in [4.69, 9.17) is 0 Å². The van der Waals surface area contributed by atoms with E-state index >= 15 is 0 Å². The van der Waals surface area contributed by atoms with Crippen molar-refractivity contribution in [1.82, 2.24) is 0 Å². The summed E-state index contributed by atoms with van der Waals surface area (Å²) in [6, 6.07) is 10.3. The molecular weight excluding hydrogens is 196 g/mol. The van der Waals surface area contributed by atoms with Gasteiger partial charge in [0.05, 0.1) is 6.10 Å². The molecule has 2 atom stereocenters. The summed E-state index contributed by atoms with van der Waals surface area (Å²) < 4.78 is 0. The minimum atomic E-state index is -0.283. The minimum absolute atomic E-state index is 0.171. The van der Waals surface area contributed by atoms with Crippen LogP contribution in [0.4, 0.5) is 0 Å². The molecule has 1 N–H and O–H groups in total. The van der Waals surface area contributed by atoms with E-state index in [2.05, 4.69) is 39.8 Å². The van der Waals surface area contributed by atoms with Crippen LogP contribution >= 0.6 is 0 Å². The van der Waals surface area contributed by atoms with E-state index in [1.165, 1.54) is 5.56 Å². The van der Waals surface area contributed by atoms with Crippen LogP contribution in [0.2, 0.25) is 0 Å². The van der Waals surface area contributed by atoms with Crippen molar-refractivity contribution in [3.05, 3.63) is 35.9 Å². The summed E-state index contributed by atoms with van der Waals surface area (Å²) in [4.78, 5) is 0. The van der Waals surface area contributed by atoms with Gasteiger partial charge in [-0.1, -0.05) is 64.4 Å². The molecule has 0 spiro atoms. The zero-order valence-electron chi connectivity index (χ0n) is 10.9. The molecule has 1 aromatic carbocycles. The molecule has 0 amide bonds. The first kappa shape index (κ1) is 13.2. The van der Waals surface area contributed by atoms with Crippen LogP contribution < -0.4 is 0 Å². The van der Waals surface area contributed by atoms with Crippen LogP contribution in [-0.4, -0.2) is 11.2 Å². The van der Waals surface area contributed by atoms with Gasteiger partial charge in [-0.3, -0.25) is 0 Å². The van der Waals surface area contributed by atoms with E-state index in [0.29, 0.717) is 5.92 Å². The molecule has 0 fully saturated rings. The summed E-state index contributed by atoms with van der Waals surface area (Å²) in [6.07, 6.45) is 1.93. The highest BCUT2D eigenvalue weighted by Crippen LogP contribution is 2.32. The number of hydrogen-bond acceptors (Lipinski definition) is 1. The topological polar surface area (TPSA) is 20.2 Å². The second-order valence-electron chi connectivity index (χ2n) is 5.30. The van der Waals surface area contributed by atoms with Crippen molar-refractivity contribution in [1.29, 1.82) is 0 Å². The lowest BCUT2D eigenvalue weighted by molar-refractivity contribution is 0.0465. The number of hydrogen-bond donors (Lipinski definition) is 1. The van der Waals surface area contributed by atoms with E-state index in [1.54, 1.807) is 0 Å². The zero-order valence-corrected chi connectivity index (χ0v) is 10.9. The molecule has 0 bridgehead atoms. The Morgan fingerprint density at radius 1 is 1.19 bits per heavy atom. The molecule has 0 aliphatic heterocycles. The van der Waals surface area contributed by atoms with Crippen LogP contribution in [0.5, 0.6) is 0 Å². The average Bonchev–Trinajstić information content (AvgIpc) is 2.29. The fourth-order valence-corrected chi connectivity index (χ4v) is 2.36. The Morgan fingerprint density at radius 2 is 1.75 bits per heavy atom. The third-order valence-corrected chi connectivity index (χ3v) is 3.54. The lowest BCUT2D eigenvalue weighted by Gasteiger charge is -2.35. The van der Waals surface area contributed by atoms with Crippen LogP contribution in [0.3, 0.4) is 0 Å². The van der Waals surface area contributed by atoms with Gasteiger partial charge in [-0.15, -0.1) is 0 Å². The number of aliphatic hydroxyl groups excluding tert-OH is 1. The molecule has 1 heteroatoms. The molecule has 0 aliphatic rings. The van der Waals surface area contributed by atoms with Crippen LogP contribution in [0.15, 0.2) is 30.3 Å². The van der Waals surface area contributed by atoms with E-state index in [0.717, 1.165) is 12.8 Å². The van der Waals surface area contributed by atoms with Crippen molar-refractivity contribution >= 4 is 0 Å². The molecule has 0 aliphatic carbocycles. The first-order valence-electron chi connectivity index (χ1n) is 6.23. The Labute approximate surface area is 99.5 Å². The largest absolute Gasteiger partial charge is 0.392 e. The molecule has 1 rings (SSSR count). The SMILES string of the molecule is CCCC(C)C(O)C(C)(C)c1ccccc1. The van der Waals surface area contributed by atoms with Crippen LogP contribution in [-0.2, 0) is 5.41 Å². The van der Waals surface area contributed by atoms with Gasteiger partial charge in [-0.05, 0) is 17.9 Å². The summed E-state index contributed by atoms with van der Waals surface area (Å²) in [7, 11) is 0. The monoisotopic (exact) mass is 220 g/mol. The Balaban J connectivity index is 2.85. The normalized spacial score (nSPS) is 15.8. The van der Waals surface area contributed by atoms with Gasteiger partial charge < -0.3 is 5.11 Å². The fourth-order valence-electron chi connectivity index (χ4n) is 2.36. The molecule has 0 radical (unpaired) electrons. The van der Waals surface area contributed by atoms with Crippen molar-refractivity contribution in [3.8, 4) is 0 Å². The lowest BCUT2D eigenvalue weighted by atomic mass is 9.74. The van der Waals surface area contributed by atoms with Crippen molar-refractivity contribution in [2.24, 2.45) is 5.92 Å². The Kier molecular flexibility index (Phi) is 4.55. The maximum Gasteiger partial charge on any atom is 0.0656 e.